The molecule has 1 aliphatic rings. The van der Waals surface area contributed by atoms with Crippen molar-refractivity contribution in [1.29, 1.82) is 0 Å². The molecule has 1 aliphatic heterocycles. The maximum Gasteiger partial charge on any atom is 0.221 e. The van der Waals surface area contributed by atoms with E-state index >= 15 is 0 Å². The van der Waals surface area contributed by atoms with Crippen molar-refractivity contribution in [3.8, 4) is 0 Å². The molecular weight excluding hydrogens is 250 g/mol. The van der Waals surface area contributed by atoms with E-state index < -0.39 is 0 Å². The molecular formula is C15H21N5. The molecule has 1 unspecified atom stereocenters. The van der Waals surface area contributed by atoms with Crippen molar-refractivity contribution >= 4 is 5.95 Å². The Morgan fingerprint density at radius 2 is 2.15 bits per heavy atom. The summed E-state index contributed by atoms with van der Waals surface area (Å²) in [5, 5.41) is 7.98. The lowest BCUT2D eigenvalue weighted by atomic mass is 10.0. The van der Waals surface area contributed by atoms with Gasteiger partial charge in [0.1, 0.15) is 0 Å². The molecule has 106 valence electrons. The molecule has 1 aromatic carbocycles. The average molecular weight is 271 g/mol. The molecule has 1 aromatic heterocycles. The van der Waals surface area contributed by atoms with E-state index in [1.165, 1.54) is 11.1 Å². The minimum atomic E-state index is 0.283. The second-order valence-corrected chi connectivity index (χ2v) is 5.33. The maximum atomic E-state index is 5.55. The zero-order chi connectivity index (χ0) is 13.9. The van der Waals surface area contributed by atoms with Gasteiger partial charge in [-0.2, -0.15) is 10.1 Å². The number of nitrogens with two attached hydrogens (primary N) is 1. The number of rotatable bonds is 4. The SMILES string of the molecule is Cc1ccc(C2CCNc3nc(CCCN)nn32)cc1. The summed E-state index contributed by atoms with van der Waals surface area (Å²) in [4.78, 5) is 4.57. The van der Waals surface area contributed by atoms with E-state index in [1.54, 1.807) is 0 Å². The molecule has 0 saturated heterocycles. The van der Waals surface area contributed by atoms with Gasteiger partial charge in [-0.15, -0.1) is 0 Å². The first kappa shape index (κ1) is 13.1. The van der Waals surface area contributed by atoms with Gasteiger partial charge in [0.05, 0.1) is 6.04 Å². The number of hydrogen-bond acceptors (Lipinski definition) is 4. The Labute approximate surface area is 119 Å². The monoisotopic (exact) mass is 271 g/mol. The van der Waals surface area contributed by atoms with Crippen molar-refractivity contribution in [2.45, 2.75) is 32.2 Å². The van der Waals surface area contributed by atoms with Crippen LogP contribution in [-0.2, 0) is 6.42 Å². The first-order valence-electron chi connectivity index (χ1n) is 7.24. The minimum Gasteiger partial charge on any atom is -0.354 e. The van der Waals surface area contributed by atoms with Crippen LogP contribution in [0, 0.1) is 6.92 Å². The van der Waals surface area contributed by atoms with Gasteiger partial charge in [0.15, 0.2) is 5.82 Å². The summed E-state index contributed by atoms with van der Waals surface area (Å²) < 4.78 is 2.03. The highest BCUT2D eigenvalue weighted by Gasteiger charge is 2.24. The third-order valence-corrected chi connectivity index (χ3v) is 3.74. The fraction of sp³-hybridized carbons (Fsp3) is 0.467. The van der Waals surface area contributed by atoms with Gasteiger partial charge in [-0.05, 0) is 31.9 Å². The summed E-state index contributed by atoms with van der Waals surface area (Å²) in [6.07, 6.45) is 2.81. The summed E-state index contributed by atoms with van der Waals surface area (Å²) in [7, 11) is 0. The van der Waals surface area contributed by atoms with E-state index in [2.05, 4.69) is 46.6 Å². The fourth-order valence-electron chi connectivity index (χ4n) is 2.61. The van der Waals surface area contributed by atoms with Gasteiger partial charge in [-0.1, -0.05) is 29.8 Å². The summed E-state index contributed by atoms with van der Waals surface area (Å²) in [6, 6.07) is 8.98. The molecule has 0 radical (unpaired) electrons. The van der Waals surface area contributed by atoms with E-state index in [0.717, 1.165) is 37.6 Å². The normalized spacial score (nSPS) is 17.6. The highest BCUT2D eigenvalue weighted by Crippen LogP contribution is 2.28. The standard InChI is InChI=1S/C15H21N5/c1-11-4-6-12(7-5-11)13-8-10-17-15-18-14(3-2-9-16)19-20(13)15/h4-7,13H,2-3,8-10,16H2,1H3,(H,17,18,19). The molecule has 0 amide bonds. The van der Waals surface area contributed by atoms with Crippen LogP contribution in [0.25, 0.3) is 0 Å². The van der Waals surface area contributed by atoms with Gasteiger partial charge in [-0.3, -0.25) is 0 Å². The summed E-state index contributed by atoms with van der Waals surface area (Å²) >= 11 is 0. The number of hydrogen-bond donors (Lipinski definition) is 2. The average Bonchev–Trinajstić information content (AvgIpc) is 2.89. The van der Waals surface area contributed by atoms with Gasteiger partial charge in [0.25, 0.3) is 0 Å². The number of anilines is 1. The molecule has 20 heavy (non-hydrogen) atoms. The van der Waals surface area contributed by atoms with Crippen LogP contribution in [0.1, 0.15) is 35.8 Å². The van der Waals surface area contributed by atoms with Gasteiger partial charge < -0.3 is 11.1 Å². The maximum absolute atomic E-state index is 5.55. The van der Waals surface area contributed by atoms with Gasteiger partial charge in [0.2, 0.25) is 5.95 Å². The number of aryl methyl sites for hydroxylation is 2. The number of nitrogens with zero attached hydrogens (tertiary/aromatic N) is 3. The molecule has 0 fully saturated rings. The van der Waals surface area contributed by atoms with Crippen LogP contribution in [0.5, 0.6) is 0 Å². The minimum absolute atomic E-state index is 0.283. The highest BCUT2D eigenvalue weighted by atomic mass is 15.4. The Hall–Kier alpha value is -1.88. The first-order valence-corrected chi connectivity index (χ1v) is 7.24. The van der Waals surface area contributed by atoms with E-state index in [1.807, 2.05) is 4.68 Å². The van der Waals surface area contributed by atoms with Gasteiger partial charge in [0, 0.05) is 13.0 Å². The lowest BCUT2D eigenvalue weighted by molar-refractivity contribution is 0.476. The van der Waals surface area contributed by atoms with Crippen molar-refractivity contribution in [1.82, 2.24) is 14.8 Å². The van der Waals surface area contributed by atoms with Crippen LogP contribution in [0.2, 0.25) is 0 Å². The molecule has 0 spiro atoms. The Kier molecular flexibility index (Phi) is 3.69. The number of aromatic nitrogens is 3. The first-order chi connectivity index (χ1) is 9.78. The van der Waals surface area contributed by atoms with Crippen LogP contribution < -0.4 is 11.1 Å². The summed E-state index contributed by atoms with van der Waals surface area (Å²) in [6.45, 7) is 3.73. The molecule has 2 aromatic rings. The lowest BCUT2D eigenvalue weighted by Gasteiger charge is -2.24. The second kappa shape index (κ2) is 5.63. The van der Waals surface area contributed by atoms with Crippen LogP contribution in [0.15, 0.2) is 24.3 Å². The topological polar surface area (TPSA) is 68.8 Å². The Bertz CT molecular complexity index is 572. The third kappa shape index (κ3) is 2.54. The molecule has 0 saturated carbocycles. The zero-order valence-electron chi connectivity index (χ0n) is 11.8. The quantitative estimate of drug-likeness (QED) is 0.891. The Morgan fingerprint density at radius 3 is 2.90 bits per heavy atom. The highest BCUT2D eigenvalue weighted by molar-refractivity contribution is 5.33. The van der Waals surface area contributed by atoms with Gasteiger partial charge in [-0.25, -0.2) is 4.68 Å². The van der Waals surface area contributed by atoms with Crippen molar-refractivity contribution in [2.75, 3.05) is 18.4 Å². The second-order valence-electron chi connectivity index (χ2n) is 5.33. The third-order valence-electron chi connectivity index (χ3n) is 3.74. The van der Waals surface area contributed by atoms with Crippen LogP contribution in [-0.4, -0.2) is 27.9 Å². The van der Waals surface area contributed by atoms with Crippen molar-refractivity contribution in [2.24, 2.45) is 5.73 Å². The fourth-order valence-corrected chi connectivity index (χ4v) is 2.61. The number of fused-ring (bicyclic) bond motifs is 1. The summed E-state index contributed by atoms with van der Waals surface area (Å²) in [5.41, 5.74) is 8.14. The number of benzene rings is 1. The van der Waals surface area contributed by atoms with E-state index in [-0.39, 0.29) is 6.04 Å². The Morgan fingerprint density at radius 1 is 1.35 bits per heavy atom. The van der Waals surface area contributed by atoms with Crippen LogP contribution in [0.3, 0.4) is 0 Å². The van der Waals surface area contributed by atoms with Crippen molar-refractivity contribution in [3.63, 3.8) is 0 Å². The van der Waals surface area contributed by atoms with Crippen molar-refractivity contribution < 1.29 is 0 Å². The molecule has 2 heterocycles. The zero-order valence-corrected chi connectivity index (χ0v) is 11.8. The predicted octanol–water partition coefficient (Wildman–Crippen LogP) is 1.88. The predicted molar refractivity (Wildman–Crippen MR) is 79.8 cm³/mol. The molecule has 3 rings (SSSR count). The largest absolute Gasteiger partial charge is 0.354 e. The molecule has 5 heteroatoms. The molecule has 3 N–H and O–H groups in total. The van der Waals surface area contributed by atoms with Crippen LogP contribution in [0.4, 0.5) is 5.95 Å². The summed E-state index contributed by atoms with van der Waals surface area (Å²) in [5.74, 6) is 1.77. The van der Waals surface area contributed by atoms with E-state index in [0.29, 0.717) is 6.54 Å². The van der Waals surface area contributed by atoms with Crippen LogP contribution >= 0.6 is 0 Å². The molecule has 0 bridgehead atoms. The smallest absolute Gasteiger partial charge is 0.221 e. The van der Waals surface area contributed by atoms with E-state index in [9.17, 15) is 0 Å². The number of nitrogens with one attached hydrogen (secondary N) is 1. The van der Waals surface area contributed by atoms with E-state index in [4.69, 9.17) is 5.73 Å². The molecule has 0 aliphatic carbocycles. The van der Waals surface area contributed by atoms with Crippen molar-refractivity contribution in [3.05, 3.63) is 41.2 Å². The lowest BCUT2D eigenvalue weighted by Crippen LogP contribution is -2.24. The molecule has 5 nitrogen and oxygen atoms in total. The Balaban J connectivity index is 1.89. The molecule has 1 atom stereocenters. The van der Waals surface area contributed by atoms with Gasteiger partial charge >= 0.3 is 0 Å².